The maximum absolute atomic E-state index is 12.0. The van der Waals surface area contributed by atoms with Crippen molar-refractivity contribution in [1.82, 2.24) is 15.0 Å². The van der Waals surface area contributed by atoms with Crippen molar-refractivity contribution in [3.63, 3.8) is 0 Å². The second-order valence-corrected chi connectivity index (χ2v) is 5.03. The van der Waals surface area contributed by atoms with E-state index in [0.29, 0.717) is 10.9 Å². The number of fused-ring (bicyclic) bond motifs is 2. The number of aromatic amines is 1. The summed E-state index contributed by atoms with van der Waals surface area (Å²) in [5.74, 6) is -0.0217. The van der Waals surface area contributed by atoms with Gasteiger partial charge in [-0.2, -0.15) is 0 Å². The average Bonchev–Trinajstić information content (AvgIpc) is 2.55. The Labute approximate surface area is 124 Å². The first kappa shape index (κ1) is 12.5. The maximum atomic E-state index is 12.0. The summed E-state index contributed by atoms with van der Waals surface area (Å²) >= 11 is 0. The van der Waals surface area contributed by atoms with Crippen LogP contribution in [0.25, 0.3) is 32.8 Å². The third-order valence-corrected chi connectivity index (χ3v) is 3.70. The minimum atomic E-state index is -0.282. The summed E-state index contributed by atoms with van der Waals surface area (Å²) in [5.41, 5.74) is 1.60. The fraction of sp³-hybridized carbons (Fsp3) is 0. The molecule has 22 heavy (non-hydrogen) atoms. The van der Waals surface area contributed by atoms with Gasteiger partial charge in [-0.1, -0.05) is 24.3 Å². The third kappa shape index (κ3) is 1.83. The normalized spacial score (nSPS) is 11.1. The lowest BCUT2D eigenvalue weighted by atomic mass is 9.99. The van der Waals surface area contributed by atoms with E-state index in [4.69, 9.17) is 0 Å². The molecule has 0 aliphatic carbocycles. The number of rotatable bonds is 1. The molecule has 0 aliphatic heterocycles. The number of benzene rings is 2. The van der Waals surface area contributed by atoms with Gasteiger partial charge >= 0.3 is 0 Å². The summed E-state index contributed by atoms with van der Waals surface area (Å²) in [6, 6.07) is 11.2. The number of aromatic nitrogens is 3. The van der Waals surface area contributed by atoms with Crippen LogP contribution in [-0.4, -0.2) is 20.1 Å². The van der Waals surface area contributed by atoms with E-state index in [1.165, 1.54) is 6.33 Å². The molecule has 0 radical (unpaired) electrons. The molecule has 2 heterocycles. The molecule has 0 fully saturated rings. The van der Waals surface area contributed by atoms with Crippen molar-refractivity contribution in [3.8, 4) is 16.9 Å². The zero-order valence-electron chi connectivity index (χ0n) is 11.4. The lowest BCUT2D eigenvalue weighted by Gasteiger charge is -2.08. The predicted octanol–water partition coefficient (Wildman–Crippen LogP) is 2.84. The van der Waals surface area contributed by atoms with E-state index in [1.54, 1.807) is 24.5 Å². The number of phenols is 1. The Bertz CT molecular complexity index is 1060. The predicted molar refractivity (Wildman–Crippen MR) is 84.8 cm³/mol. The highest BCUT2D eigenvalue weighted by Gasteiger charge is 2.11. The number of nitrogens with zero attached hydrogens (tertiary/aromatic N) is 2. The Morgan fingerprint density at radius 2 is 1.91 bits per heavy atom. The van der Waals surface area contributed by atoms with E-state index in [-0.39, 0.29) is 11.3 Å². The lowest BCUT2D eigenvalue weighted by Crippen LogP contribution is -2.06. The first-order chi connectivity index (χ1) is 10.7. The molecule has 2 aromatic carbocycles. The van der Waals surface area contributed by atoms with E-state index >= 15 is 0 Å². The van der Waals surface area contributed by atoms with Gasteiger partial charge in [-0.15, -0.1) is 0 Å². The summed E-state index contributed by atoms with van der Waals surface area (Å²) in [4.78, 5) is 22.7. The molecular weight excluding hydrogens is 278 g/mol. The Kier molecular flexibility index (Phi) is 2.66. The molecule has 5 heteroatoms. The fourth-order valence-electron chi connectivity index (χ4n) is 2.66. The molecule has 0 saturated heterocycles. The van der Waals surface area contributed by atoms with Gasteiger partial charge in [0.25, 0.3) is 5.56 Å². The molecule has 0 amide bonds. The van der Waals surface area contributed by atoms with E-state index in [9.17, 15) is 9.90 Å². The van der Waals surface area contributed by atoms with E-state index < -0.39 is 0 Å². The molecule has 0 bridgehead atoms. The van der Waals surface area contributed by atoms with Crippen LogP contribution in [0.3, 0.4) is 0 Å². The van der Waals surface area contributed by atoms with Gasteiger partial charge in [-0.05, 0) is 23.1 Å². The number of nitrogens with one attached hydrogen (secondary N) is 1. The third-order valence-electron chi connectivity index (χ3n) is 3.70. The van der Waals surface area contributed by atoms with Gasteiger partial charge in [0, 0.05) is 23.3 Å². The first-order valence-electron chi connectivity index (χ1n) is 6.77. The molecule has 4 rings (SSSR count). The Balaban J connectivity index is 2.09. The van der Waals surface area contributed by atoms with E-state index in [0.717, 1.165) is 21.9 Å². The molecule has 0 spiro atoms. The van der Waals surface area contributed by atoms with Gasteiger partial charge < -0.3 is 10.1 Å². The first-order valence-corrected chi connectivity index (χ1v) is 6.77. The largest absolute Gasteiger partial charge is 0.506 e. The molecule has 0 saturated carbocycles. The zero-order valence-corrected chi connectivity index (χ0v) is 11.4. The second kappa shape index (κ2) is 4.66. The van der Waals surface area contributed by atoms with Crippen LogP contribution < -0.4 is 5.56 Å². The van der Waals surface area contributed by atoms with Crippen molar-refractivity contribution >= 4 is 21.7 Å². The molecule has 0 aliphatic rings. The van der Waals surface area contributed by atoms with Crippen LogP contribution in [0, 0.1) is 0 Å². The Morgan fingerprint density at radius 1 is 1.05 bits per heavy atom. The topological polar surface area (TPSA) is 78.9 Å². The monoisotopic (exact) mass is 289 g/mol. The van der Waals surface area contributed by atoms with Gasteiger partial charge in [-0.25, -0.2) is 4.98 Å². The summed E-state index contributed by atoms with van der Waals surface area (Å²) in [7, 11) is 0. The van der Waals surface area contributed by atoms with Crippen molar-refractivity contribution in [1.29, 1.82) is 0 Å². The van der Waals surface area contributed by atoms with Crippen molar-refractivity contribution < 1.29 is 5.11 Å². The van der Waals surface area contributed by atoms with Gasteiger partial charge in [0.1, 0.15) is 11.3 Å². The molecular formula is C17H11N3O2. The smallest absolute Gasteiger partial charge is 0.258 e. The summed E-state index contributed by atoms with van der Waals surface area (Å²) < 4.78 is 0. The number of phenolic OH excluding ortho intramolecular Hbond substituents is 1. The molecule has 5 nitrogen and oxygen atoms in total. The van der Waals surface area contributed by atoms with Crippen molar-refractivity contribution in [2.24, 2.45) is 0 Å². The number of hydrogen-bond donors (Lipinski definition) is 2. The fourth-order valence-corrected chi connectivity index (χ4v) is 2.66. The van der Waals surface area contributed by atoms with Gasteiger partial charge in [0.2, 0.25) is 0 Å². The van der Waals surface area contributed by atoms with Crippen LogP contribution in [0.2, 0.25) is 0 Å². The van der Waals surface area contributed by atoms with Gasteiger partial charge in [0.15, 0.2) is 0 Å². The summed E-state index contributed by atoms with van der Waals surface area (Å²) in [5, 5.41) is 12.5. The van der Waals surface area contributed by atoms with E-state index in [1.807, 2.05) is 24.3 Å². The molecule has 2 aromatic heterocycles. The molecule has 4 aromatic rings. The van der Waals surface area contributed by atoms with Crippen LogP contribution in [0.1, 0.15) is 0 Å². The zero-order chi connectivity index (χ0) is 15.1. The number of hydrogen-bond acceptors (Lipinski definition) is 4. The van der Waals surface area contributed by atoms with Gasteiger partial charge in [-0.3, -0.25) is 9.78 Å². The lowest BCUT2D eigenvalue weighted by molar-refractivity contribution is 0.480. The minimum Gasteiger partial charge on any atom is -0.506 e. The van der Waals surface area contributed by atoms with Crippen LogP contribution >= 0.6 is 0 Å². The van der Waals surface area contributed by atoms with Crippen LogP contribution in [-0.2, 0) is 0 Å². The number of aromatic hydroxyl groups is 1. The highest BCUT2D eigenvalue weighted by Crippen LogP contribution is 2.32. The molecule has 0 unspecified atom stereocenters. The highest BCUT2D eigenvalue weighted by molar-refractivity contribution is 5.98. The standard InChI is InChI=1S/C17H11N3O2/c21-15-6-11(5-13-16(15)19-9-20-17(13)22)14-8-18-7-10-3-1-2-4-12(10)14/h1-9,21H,(H,19,20,22). The minimum absolute atomic E-state index is 0.0217. The van der Waals surface area contributed by atoms with Crippen molar-refractivity contribution in [3.05, 3.63) is 65.5 Å². The molecule has 0 atom stereocenters. The SMILES string of the molecule is O=c1[nH]cnc2c(O)cc(-c3cncc4ccccc34)cc12. The Morgan fingerprint density at radius 3 is 2.82 bits per heavy atom. The number of H-pyrrole nitrogens is 1. The number of pyridine rings is 1. The molecule has 2 N–H and O–H groups in total. The van der Waals surface area contributed by atoms with E-state index in [2.05, 4.69) is 15.0 Å². The average molecular weight is 289 g/mol. The quantitative estimate of drug-likeness (QED) is 0.564. The van der Waals surface area contributed by atoms with Crippen LogP contribution in [0.15, 0.2) is 59.9 Å². The van der Waals surface area contributed by atoms with Crippen molar-refractivity contribution in [2.45, 2.75) is 0 Å². The van der Waals surface area contributed by atoms with Crippen LogP contribution in [0.4, 0.5) is 0 Å². The Hall–Kier alpha value is -3.21. The second-order valence-electron chi connectivity index (χ2n) is 5.03. The molecule has 106 valence electrons. The summed E-state index contributed by atoms with van der Waals surface area (Å²) in [6.07, 6.45) is 4.80. The maximum Gasteiger partial charge on any atom is 0.258 e. The van der Waals surface area contributed by atoms with Crippen LogP contribution in [0.5, 0.6) is 5.75 Å². The van der Waals surface area contributed by atoms with Crippen molar-refractivity contribution in [2.75, 3.05) is 0 Å². The highest BCUT2D eigenvalue weighted by atomic mass is 16.3. The summed E-state index contributed by atoms with van der Waals surface area (Å²) in [6.45, 7) is 0. The van der Waals surface area contributed by atoms with Gasteiger partial charge in [0.05, 0.1) is 11.7 Å².